The molecule has 5 rings (SSSR count). The van der Waals surface area contributed by atoms with Crippen LogP contribution in [-0.4, -0.2) is 19.2 Å². The van der Waals surface area contributed by atoms with Crippen molar-refractivity contribution >= 4 is 5.97 Å². The SMILES string of the molecule is O=C(OCNCC12CC3CC(CC(C3)C1)C2)c1cccc(F)c1. The van der Waals surface area contributed by atoms with E-state index in [0.29, 0.717) is 5.41 Å². The highest BCUT2D eigenvalue weighted by Gasteiger charge is 2.50. The fraction of sp³-hybridized carbons (Fsp3) is 0.632. The molecule has 0 saturated heterocycles. The van der Waals surface area contributed by atoms with Crippen LogP contribution in [0.25, 0.3) is 0 Å². The van der Waals surface area contributed by atoms with Gasteiger partial charge in [-0.15, -0.1) is 0 Å². The van der Waals surface area contributed by atoms with E-state index >= 15 is 0 Å². The normalized spacial score (nSPS) is 34.6. The van der Waals surface area contributed by atoms with E-state index in [2.05, 4.69) is 5.32 Å². The first-order valence-electron chi connectivity index (χ1n) is 8.75. The van der Waals surface area contributed by atoms with Crippen LogP contribution in [0.15, 0.2) is 24.3 Å². The third kappa shape index (κ3) is 3.14. The van der Waals surface area contributed by atoms with Crippen LogP contribution in [0.1, 0.15) is 48.9 Å². The van der Waals surface area contributed by atoms with E-state index < -0.39 is 11.8 Å². The summed E-state index contributed by atoms with van der Waals surface area (Å²) in [6, 6.07) is 5.63. The van der Waals surface area contributed by atoms with Gasteiger partial charge in [0.1, 0.15) is 12.5 Å². The summed E-state index contributed by atoms with van der Waals surface area (Å²) >= 11 is 0. The van der Waals surface area contributed by atoms with Crippen LogP contribution in [-0.2, 0) is 4.74 Å². The second-order valence-corrected chi connectivity index (χ2v) is 7.93. The lowest BCUT2D eigenvalue weighted by Crippen LogP contribution is -2.50. The minimum absolute atomic E-state index is 0.205. The lowest BCUT2D eigenvalue weighted by Gasteiger charge is -2.57. The fourth-order valence-electron chi connectivity index (χ4n) is 5.64. The van der Waals surface area contributed by atoms with Gasteiger partial charge in [-0.05, 0) is 79.9 Å². The molecule has 0 aromatic heterocycles. The number of hydrogen-bond acceptors (Lipinski definition) is 3. The van der Waals surface area contributed by atoms with E-state index in [1.165, 1.54) is 56.7 Å². The Morgan fingerprint density at radius 2 is 1.83 bits per heavy atom. The van der Waals surface area contributed by atoms with Crippen molar-refractivity contribution in [3.8, 4) is 0 Å². The molecule has 0 amide bonds. The summed E-state index contributed by atoms with van der Waals surface area (Å²) in [6.45, 7) is 1.14. The van der Waals surface area contributed by atoms with Gasteiger partial charge in [0.25, 0.3) is 0 Å². The topological polar surface area (TPSA) is 38.3 Å². The first kappa shape index (κ1) is 15.1. The van der Waals surface area contributed by atoms with Crippen LogP contribution in [0.2, 0.25) is 0 Å². The monoisotopic (exact) mass is 317 g/mol. The van der Waals surface area contributed by atoms with Crippen molar-refractivity contribution in [1.82, 2.24) is 5.32 Å². The van der Waals surface area contributed by atoms with E-state index in [4.69, 9.17) is 4.74 Å². The molecular weight excluding hydrogens is 293 g/mol. The molecule has 0 unspecified atom stereocenters. The molecule has 0 radical (unpaired) electrons. The zero-order chi connectivity index (χ0) is 15.9. The van der Waals surface area contributed by atoms with E-state index in [9.17, 15) is 9.18 Å². The van der Waals surface area contributed by atoms with Gasteiger partial charge in [-0.3, -0.25) is 5.32 Å². The summed E-state index contributed by atoms with van der Waals surface area (Å²) in [6.07, 6.45) is 8.33. The summed E-state index contributed by atoms with van der Waals surface area (Å²) in [5, 5.41) is 3.32. The highest BCUT2D eigenvalue weighted by Crippen LogP contribution is 2.59. The maximum absolute atomic E-state index is 13.1. The van der Waals surface area contributed by atoms with E-state index in [-0.39, 0.29) is 12.3 Å². The molecule has 0 spiro atoms. The number of benzene rings is 1. The van der Waals surface area contributed by atoms with Crippen LogP contribution in [0, 0.1) is 29.0 Å². The number of carbonyl (C=O) groups is 1. The largest absolute Gasteiger partial charge is 0.446 e. The number of nitrogens with one attached hydrogen (secondary N) is 1. The van der Waals surface area contributed by atoms with E-state index in [1.807, 2.05) is 0 Å². The zero-order valence-electron chi connectivity index (χ0n) is 13.4. The van der Waals surface area contributed by atoms with Crippen molar-refractivity contribution in [2.45, 2.75) is 38.5 Å². The molecule has 4 aliphatic carbocycles. The first-order valence-corrected chi connectivity index (χ1v) is 8.75. The molecule has 1 N–H and O–H groups in total. The van der Waals surface area contributed by atoms with Crippen LogP contribution >= 0.6 is 0 Å². The molecule has 4 bridgehead atoms. The highest BCUT2D eigenvalue weighted by atomic mass is 19.1. The maximum Gasteiger partial charge on any atom is 0.339 e. The Balaban J connectivity index is 1.27. The molecule has 4 heteroatoms. The van der Waals surface area contributed by atoms with Crippen LogP contribution in [0.4, 0.5) is 4.39 Å². The lowest BCUT2D eigenvalue weighted by atomic mass is 9.49. The fourth-order valence-corrected chi connectivity index (χ4v) is 5.64. The Hall–Kier alpha value is -1.42. The van der Waals surface area contributed by atoms with E-state index in [1.54, 1.807) is 6.07 Å². The van der Waals surface area contributed by atoms with Gasteiger partial charge in [0, 0.05) is 6.54 Å². The smallest absolute Gasteiger partial charge is 0.339 e. The zero-order valence-corrected chi connectivity index (χ0v) is 13.4. The molecule has 4 aliphatic rings. The van der Waals surface area contributed by atoms with Gasteiger partial charge in [-0.1, -0.05) is 6.07 Å². The van der Waals surface area contributed by atoms with Gasteiger partial charge in [-0.2, -0.15) is 0 Å². The summed E-state index contributed by atoms with van der Waals surface area (Å²) in [5.74, 6) is 1.90. The number of ether oxygens (including phenoxy) is 1. The number of rotatable bonds is 5. The van der Waals surface area contributed by atoms with Gasteiger partial charge >= 0.3 is 5.97 Å². The van der Waals surface area contributed by atoms with Crippen LogP contribution < -0.4 is 5.32 Å². The Kier molecular flexibility index (Phi) is 3.88. The lowest BCUT2D eigenvalue weighted by molar-refractivity contribution is -0.0541. The first-order chi connectivity index (χ1) is 11.1. The van der Waals surface area contributed by atoms with Gasteiger partial charge in [0.05, 0.1) is 5.56 Å². The van der Waals surface area contributed by atoms with Gasteiger partial charge < -0.3 is 4.74 Å². The molecule has 4 saturated carbocycles. The minimum atomic E-state index is -0.470. The number of carbonyl (C=O) groups excluding carboxylic acids is 1. The quantitative estimate of drug-likeness (QED) is 0.511. The van der Waals surface area contributed by atoms with Crippen LogP contribution in [0.5, 0.6) is 0 Å². The highest BCUT2D eigenvalue weighted by molar-refractivity contribution is 5.89. The second kappa shape index (κ2) is 5.90. The molecule has 4 fully saturated rings. The van der Waals surface area contributed by atoms with Gasteiger partial charge in [-0.25, -0.2) is 9.18 Å². The van der Waals surface area contributed by atoms with Crippen molar-refractivity contribution in [2.75, 3.05) is 13.3 Å². The van der Waals surface area contributed by atoms with Gasteiger partial charge in [0.15, 0.2) is 0 Å². The van der Waals surface area contributed by atoms with Crippen molar-refractivity contribution in [3.63, 3.8) is 0 Å². The summed E-state index contributed by atoms with van der Waals surface area (Å²) < 4.78 is 18.3. The molecule has 1 aromatic rings. The van der Waals surface area contributed by atoms with Gasteiger partial charge in [0.2, 0.25) is 0 Å². The standard InChI is InChI=1S/C19H24FNO2/c20-17-3-1-2-16(7-17)18(22)23-12-21-11-19-8-13-4-14(9-19)6-15(5-13)10-19/h1-3,7,13-15,21H,4-6,8-12H2. The molecule has 0 atom stereocenters. The molecule has 1 aromatic carbocycles. The van der Waals surface area contributed by atoms with Crippen molar-refractivity contribution < 1.29 is 13.9 Å². The average molecular weight is 317 g/mol. The summed E-state index contributed by atoms with van der Waals surface area (Å²) in [5.41, 5.74) is 0.696. The minimum Gasteiger partial charge on any atom is -0.446 e. The third-order valence-corrected chi connectivity index (χ3v) is 6.03. The molecule has 23 heavy (non-hydrogen) atoms. The van der Waals surface area contributed by atoms with E-state index in [0.717, 1.165) is 24.3 Å². The number of hydrogen-bond donors (Lipinski definition) is 1. The summed E-state index contributed by atoms with van der Waals surface area (Å²) in [4.78, 5) is 11.9. The molecule has 3 nitrogen and oxygen atoms in total. The Morgan fingerprint density at radius 1 is 1.17 bits per heavy atom. The second-order valence-electron chi connectivity index (χ2n) is 7.93. The van der Waals surface area contributed by atoms with Crippen molar-refractivity contribution in [3.05, 3.63) is 35.6 Å². The maximum atomic E-state index is 13.1. The van der Waals surface area contributed by atoms with Crippen molar-refractivity contribution in [1.29, 1.82) is 0 Å². The van der Waals surface area contributed by atoms with Crippen molar-refractivity contribution in [2.24, 2.45) is 23.2 Å². The third-order valence-electron chi connectivity index (χ3n) is 6.03. The molecule has 0 heterocycles. The predicted molar refractivity (Wildman–Crippen MR) is 85.3 cm³/mol. The molecule has 0 aliphatic heterocycles. The summed E-state index contributed by atoms with van der Waals surface area (Å²) in [7, 11) is 0. The molecule has 124 valence electrons. The van der Waals surface area contributed by atoms with Crippen LogP contribution in [0.3, 0.4) is 0 Å². The Bertz CT molecular complexity index is 566. The average Bonchev–Trinajstić information content (AvgIpc) is 2.50. The molecular formula is C19H24FNO2. The number of halogens is 1. The predicted octanol–water partition coefficient (Wildman–Crippen LogP) is 3.75. The Labute approximate surface area is 136 Å². The Morgan fingerprint density at radius 3 is 2.43 bits per heavy atom. The number of esters is 1.